The van der Waals surface area contributed by atoms with Crippen molar-refractivity contribution >= 4 is 15.9 Å². The second-order valence-corrected chi connectivity index (χ2v) is 8.82. The fraction of sp³-hybridized carbons (Fsp3) is 0.350. The van der Waals surface area contributed by atoms with Gasteiger partial charge < -0.3 is 9.80 Å². The molecule has 1 aliphatic rings. The maximum Gasteiger partial charge on any atom is 0.253 e. The Morgan fingerprint density at radius 1 is 0.963 bits per heavy atom. The van der Waals surface area contributed by atoms with Gasteiger partial charge in [-0.3, -0.25) is 4.79 Å². The molecule has 0 radical (unpaired) electrons. The number of sulfonamides is 1. The summed E-state index contributed by atoms with van der Waals surface area (Å²) in [7, 11) is 0.208. The molecule has 27 heavy (non-hydrogen) atoms. The van der Waals surface area contributed by atoms with Crippen LogP contribution in [-0.2, 0) is 16.6 Å². The molecule has 0 saturated carbocycles. The number of amides is 1. The molecule has 1 saturated heterocycles. The molecule has 7 heteroatoms. The van der Waals surface area contributed by atoms with Gasteiger partial charge in [0, 0.05) is 45.3 Å². The number of carbonyl (C=O) groups is 1. The van der Waals surface area contributed by atoms with Crippen molar-refractivity contribution in [2.75, 3.05) is 40.3 Å². The van der Waals surface area contributed by atoms with Crippen LogP contribution in [-0.4, -0.2) is 68.7 Å². The van der Waals surface area contributed by atoms with Gasteiger partial charge in [0.25, 0.3) is 5.91 Å². The third kappa shape index (κ3) is 4.55. The van der Waals surface area contributed by atoms with E-state index in [4.69, 9.17) is 0 Å². The van der Waals surface area contributed by atoms with E-state index in [0.717, 1.165) is 18.7 Å². The third-order valence-corrected chi connectivity index (χ3v) is 6.72. The summed E-state index contributed by atoms with van der Waals surface area (Å²) < 4.78 is 27.0. The van der Waals surface area contributed by atoms with Gasteiger partial charge in [0.15, 0.2) is 0 Å². The van der Waals surface area contributed by atoms with Crippen LogP contribution in [0.2, 0.25) is 0 Å². The summed E-state index contributed by atoms with van der Waals surface area (Å²) >= 11 is 0. The van der Waals surface area contributed by atoms with Gasteiger partial charge in [-0.2, -0.15) is 4.31 Å². The van der Waals surface area contributed by atoms with Gasteiger partial charge in [0.2, 0.25) is 10.0 Å². The van der Waals surface area contributed by atoms with E-state index in [2.05, 4.69) is 4.90 Å². The molecule has 1 heterocycles. The molecule has 2 aromatic rings. The molecule has 1 aliphatic heterocycles. The minimum Gasteiger partial charge on any atom is -0.337 e. The lowest BCUT2D eigenvalue weighted by molar-refractivity contribution is 0.0785. The topological polar surface area (TPSA) is 60.9 Å². The lowest BCUT2D eigenvalue weighted by atomic mass is 10.1. The quantitative estimate of drug-likeness (QED) is 0.786. The monoisotopic (exact) mass is 387 g/mol. The fourth-order valence-corrected chi connectivity index (χ4v) is 4.52. The average molecular weight is 388 g/mol. The van der Waals surface area contributed by atoms with Crippen molar-refractivity contribution in [2.24, 2.45) is 0 Å². The maximum atomic E-state index is 12.8. The number of rotatable bonds is 5. The molecule has 0 unspecified atom stereocenters. The molecule has 2 aromatic carbocycles. The van der Waals surface area contributed by atoms with Crippen LogP contribution in [0, 0.1) is 0 Å². The Bertz CT molecular complexity index is 874. The summed E-state index contributed by atoms with van der Waals surface area (Å²) in [4.78, 5) is 16.6. The van der Waals surface area contributed by atoms with Crippen LogP contribution in [0.4, 0.5) is 0 Å². The standard InChI is InChI=1S/C20H25N3O3S/c1-21-12-14-23(15-13-21)27(25,26)19-10-8-18(9-11-19)20(24)22(2)16-17-6-4-3-5-7-17/h3-11H,12-16H2,1-2H3. The third-order valence-electron chi connectivity index (χ3n) is 4.81. The van der Waals surface area contributed by atoms with E-state index in [1.807, 2.05) is 37.4 Å². The zero-order valence-electron chi connectivity index (χ0n) is 15.7. The second-order valence-electron chi connectivity index (χ2n) is 6.88. The molecule has 144 valence electrons. The van der Waals surface area contributed by atoms with Gasteiger partial charge in [-0.05, 0) is 36.9 Å². The summed E-state index contributed by atoms with van der Waals surface area (Å²) in [5, 5.41) is 0. The van der Waals surface area contributed by atoms with Gasteiger partial charge in [-0.25, -0.2) is 8.42 Å². The Kier molecular flexibility index (Phi) is 5.94. The highest BCUT2D eigenvalue weighted by atomic mass is 32.2. The number of nitrogens with zero attached hydrogens (tertiary/aromatic N) is 3. The van der Waals surface area contributed by atoms with Crippen molar-refractivity contribution in [1.82, 2.24) is 14.1 Å². The molecule has 0 aromatic heterocycles. The van der Waals surface area contributed by atoms with Crippen LogP contribution < -0.4 is 0 Å². The first-order chi connectivity index (χ1) is 12.9. The largest absolute Gasteiger partial charge is 0.337 e. The molecule has 0 N–H and O–H groups in total. The molecular formula is C20H25N3O3S. The van der Waals surface area contributed by atoms with Gasteiger partial charge in [0.05, 0.1) is 4.90 Å². The normalized spacial score (nSPS) is 16.2. The van der Waals surface area contributed by atoms with Crippen LogP contribution in [0.3, 0.4) is 0 Å². The number of hydrogen-bond acceptors (Lipinski definition) is 4. The molecule has 6 nitrogen and oxygen atoms in total. The lowest BCUT2D eigenvalue weighted by Crippen LogP contribution is -2.47. The predicted octanol–water partition coefficient (Wildman–Crippen LogP) is 1.89. The molecule has 0 atom stereocenters. The van der Waals surface area contributed by atoms with Crippen molar-refractivity contribution in [2.45, 2.75) is 11.4 Å². The summed E-state index contributed by atoms with van der Waals surface area (Å²) in [6, 6.07) is 16.0. The number of hydrogen-bond donors (Lipinski definition) is 0. The number of likely N-dealkylation sites (N-methyl/N-ethyl adjacent to an activating group) is 1. The molecular weight excluding hydrogens is 362 g/mol. The highest BCUT2D eigenvalue weighted by Gasteiger charge is 2.27. The van der Waals surface area contributed by atoms with Crippen molar-refractivity contribution < 1.29 is 13.2 Å². The average Bonchev–Trinajstić information content (AvgIpc) is 2.68. The maximum absolute atomic E-state index is 12.8. The second kappa shape index (κ2) is 8.21. The highest BCUT2D eigenvalue weighted by Crippen LogP contribution is 2.19. The Hall–Kier alpha value is -2.22. The summed E-state index contributed by atoms with van der Waals surface area (Å²) in [5.74, 6) is -0.137. The molecule has 1 amide bonds. The Morgan fingerprint density at radius 3 is 2.15 bits per heavy atom. The van der Waals surface area contributed by atoms with Crippen LogP contribution in [0.5, 0.6) is 0 Å². The SMILES string of the molecule is CN1CCN(S(=O)(=O)c2ccc(C(=O)N(C)Cc3ccccc3)cc2)CC1. The van der Waals surface area contributed by atoms with Crippen molar-refractivity contribution in [3.8, 4) is 0 Å². The van der Waals surface area contributed by atoms with E-state index in [9.17, 15) is 13.2 Å². The van der Waals surface area contributed by atoms with E-state index in [-0.39, 0.29) is 10.8 Å². The van der Waals surface area contributed by atoms with E-state index in [1.165, 1.54) is 16.4 Å². The van der Waals surface area contributed by atoms with Crippen molar-refractivity contribution in [1.29, 1.82) is 0 Å². The summed E-state index contributed by atoms with van der Waals surface area (Å²) in [6.45, 7) is 2.92. The van der Waals surface area contributed by atoms with Gasteiger partial charge in [0.1, 0.15) is 0 Å². The van der Waals surface area contributed by atoms with Gasteiger partial charge in [-0.15, -0.1) is 0 Å². The van der Waals surface area contributed by atoms with Crippen LogP contribution in [0.1, 0.15) is 15.9 Å². The van der Waals surface area contributed by atoms with E-state index < -0.39 is 10.0 Å². The van der Waals surface area contributed by atoms with Crippen molar-refractivity contribution in [3.05, 3.63) is 65.7 Å². The van der Waals surface area contributed by atoms with E-state index >= 15 is 0 Å². The number of carbonyl (C=O) groups excluding carboxylic acids is 1. The van der Waals surface area contributed by atoms with Crippen molar-refractivity contribution in [3.63, 3.8) is 0 Å². The first-order valence-electron chi connectivity index (χ1n) is 8.96. The zero-order valence-corrected chi connectivity index (χ0v) is 16.5. The molecule has 0 bridgehead atoms. The number of piperazine rings is 1. The lowest BCUT2D eigenvalue weighted by Gasteiger charge is -2.31. The van der Waals surface area contributed by atoms with Crippen LogP contribution >= 0.6 is 0 Å². The summed E-state index contributed by atoms with van der Waals surface area (Å²) in [5.41, 5.74) is 1.52. The first-order valence-corrected chi connectivity index (χ1v) is 10.4. The predicted molar refractivity (Wildman–Crippen MR) is 105 cm³/mol. The number of benzene rings is 2. The minimum atomic E-state index is -3.51. The first kappa shape index (κ1) is 19.5. The Balaban J connectivity index is 1.70. The van der Waals surface area contributed by atoms with E-state index in [0.29, 0.717) is 25.2 Å². The molecule has 3 rings (SSSR count). The highest BCUT2D eigenvalue weighted by molar-refractivity contribution is 7.89. The molecule has 0 aliphatic carbocycles. The van der Waals surface area contributed by atoms with Gasteiger partial charge >= 0.3 is 0 Å². The molecule has 1 fully saturated rings. The summed E-state index contributed by atoms with van der Waals surface area (Å²) in [6.07, 6.45) is 0. The Morgan fingerprint density at radius 2 is 1.56 bits per heavy atom. The smallest absolute Gasteiger partial charge is 0.253 e. The molecule has 0 spiro atoms. The Labute approximate surface area is 161 Å². The van der Waals surface area contributed by atoms with Crippen LogP contribution in [0.15, 0.2) is 59.5 Å². The van der Waals surface area contributed by atoms with E-state index in [1.54, 1.807) is 24.1 Å². The van der Waals surface area contributed by atoms with Gasteiger partial charge in [-0.1, -0.05) is 30.3 Å². The minimum absolute atomic E-state index is 0.137. The van der Waals surface area contributed by atoms with Crippen LogP contribution in [0.25, 0.3) is 0 Å². The zero-order chi connectivity index (χ0) is 19.4. The fourth-order valence-electron chi connectivity index (χ4n) is 3.10.